The van der Waals surface area contributed by atoms with E-state index in [0.29, 0.717) is 6.54 Å². The highest BCUT2D eigenvalue weighted by Gasteiger charge is 2.23. The number of hydrogen-bond acceptors (Lipinski definition) is 4. The van der Waals surface area contributed by atoms with Crippen LogP contribution in [0.3, 0.4) is 0 Å². The zero-order chi connectivity index (χ0) is 17.1. The van der Waals surface area contributed by atoms with Gasteiger partial charge in [0, 0.05) is 41.3 Å². The quantitative estimate of drug-likeness (QED) is 0.687. The van der Waals surface area contributed by atoms with Crippen LogP contribution in [0, 0.1) is 0 Å². The summed E-state index contributed by atoms with van der Waals surface area (Å²) in [6, 6.07) is 16.5. The standard InChI is InChI=1S/C20H22N4O/c1-25-18-9-5-2-6-14(18)12-24-20-19(21-10-11-22-20)16-13-23-17-8-4-3-7-15(16)17/h2-9,13,19,21,23H,10-12H2,1H3,(H,22,24). The molecule has 0 aliphatic carbocycles. The first-order chi connectivity index (χ1) is 12.4. The largest absolute Gasteiger partial charge is 0.496 e. The Morgan fingerprint density at radius 2 is 2.00 bits per heavy atom. The average molecular weight is 334 g/mol. The van der Waals surface area contributed by atoms with Gasteiger partial charge in [-0.3, -0.25) is 4.99 Å². The highest BCUT2D eigenvalue weighted by atomic mass is 16.5. The molecule has 128 valence electrons. The average Bonchev–Trinajstić information content (AvgIpc) is 3.11. The first-order valence-electron chi connectivity index (χ1n) is 8.56. The molecule has 2 heterocycles. The molecule has 0 bridgehead atoms. The van der Waals surface area contributed by atoms with Crippen LogP contribution >= 0.6 is 0 Å². The zero-order valence-corrected chi connectivity index (χ0v) is 14.3. The molecule has 3 aromatic rings. The number of amidine groups is 1. The molecule has 1 aliphatic heterocycles. The molecule has 0 saturated heterocycles. The monoisotopic (exact) mass is 334 g/mol. The van der Waals surface area contributed by atoms with Crippen LogP contribution in [0.2, 0.25) is 0 Å². The van der Waals surface area contributed by atoms with Crippen molar-refractivity contribution in [3.8, 4) is 5.75 Å². The van der Waals surface area contributed by atoms with Gasteiger partial charge in [-0.15, -0.1) is 0 Å². The van der Waals surface area contributed by atoms with Crippen molar-refractivity contribution in [1.29, 1.82) is 0 Å². The molecule has 25 heavy (non-hydrogen) atoms. The van der Waals surface area contributed by atoms with E-state index in [9.17, 15) is 0 Å². The molecule has 1 atom stereocenters. The van der Waals surface area contributed by atoms with Crippen LogP contribution in [0.4, 0.5) is 0 Å². The summed E-state index contributed by atoms with van der Waals surface area (Å²) in [6.45, 7) is 2.35. The highest BCUT2D eigenvalue weighted by Crippen LogP contribution is 2.26. The van der Waals surface area contributed by atoms with E-state index in [1.807, 2.05) is 24.3 Å². The van der Waals surface area contributed by atoms with Crippen molar-refractivity contribution in [1.82, 2.24) is 15.6 Å². The lowest BCUT2D eigenvalue weighted by Gasteiger charge is -2.26. The number of aromatic nitrogens is 1. The van der Waals surface area contributed by atoms with E-state index in [1.165, 1.54) is 10.9 Å². The third kappa shape index (κ3) is 3.10. The minimum Gasteiger partial charge on any atom is -0.496 e. The first-order valence-corrected chi connectivity index (χ1v) is 8.56. The van der Waals surface area contributed by atoms with Crippen molar-refractivity contribution in [3.05, 3.63) is 65.9 Å². The molecule has 1 aromatic heterocycles. The number of methoxy groups -OCH3 is 1. The molecule has 5 nitrogen and oxygen atoms in total. The van der Waals surface area contributed by atoms with Gasteiger partial charge >= 0.3 is 0 Å². The summed E-state index contributed by atoms with van der Waals surface area (Å²) < 4.78 is 5.44. The topological polar surface area (TPSA) is 61.4 Å². The van der Waals surface area contributed by atoms with E-state index in [2.05, 4.69) is 46.1 Å². The Balaban J connectivity index is 1.58. The van der Waals surface area contributed by atoms with E-state index in [0.717, 1.165) is 35.8 Å². The molecule has 1 aliphatic rings. The SMILES string of the molecule is COc1ccccc1CNC1=NCCNC1c1c[nH]c2ccccc12. The molecule has 2 aromatic carbocycles. The molecule has 0 radical (unpaired) electrons. The second-order valence-corrected chi connectivity index (χ2v) is 6.11. The summed E-state index contributed by atoms with van der Waals surface area (Å²) in [7, 11) is 1.70. The van der Waals surface area contributed by atoms with Crippen LogP contribution in [-0.2, 0) is 6.54 Å². The molecule has 4 rings (SSSR count). The number of hydrogen-bond donors (Lipinski definition) is 3. The molecule has 0 fully saturated rings. The maximum atomic E-state index is 5.44. The Morgan fingerprint density at radius 3 is 2.92 bits per heavy atom. The number of aromatic amines is 1. The summed E-state index contributed by atoms with van der Waals surface area (Å²) in [5.74, 6) is 1.87. The number of nitrogens with one attached hydrogen (secondary N) is 3. The second-order valence-electron chi connectivity index (χ2n) is 6.11. The number of ether oxygens (including phenoxy) is 1. The summed E-state index contributed by atoms with van der Waals surface area (Å²) in [5.41, 5.74) is 3.49. The zero-order valence-electron chi connectivity index (χ0n) is 14.3. The van der Waals surface area contributed by atoms with Crippen molar-refractivity contribution in [2.24, 2.45) is 4.99 Å². The number of nitrogens with zero attached hydrogens (tertiary/aromatic N) is 1. The smallest absolute Gasteiger partial charge is 0.123 e. The maximum absolute atomic E-state index is 5.44. The molecule has 3 N–H and O–H groups in total. The normalized spacial score (nSPS) is 17.3. The van der Waals surface area contributed by atoms with Gasteiger partial charge in [-0.2, -0.15) is 0 Å². The molecular weight excluding hydrogens is 312 g/mol. The maximum Gasteiger partial charge on any atom is 0.123 e. The number of benzene rings is 2. The molecule has 0 spiro atoms. The van der Waals surface area contributed by atoms with Crippen molar-refractivity contribution in [2.45, 2.75) is 12.6 Å². The number of fused-ring (bicyclic) bond motifs is 1. The van der Waals surface area contributed by atoms with Gasteiger partial charge < -0.3 is 20.4 Å². The lowest BCUT2D eigenvalue weighted by atomic mass is 10.0. The van der Waals surface area contributed by atoms with Gasteiger partial charge in [0.2, 0.25) is 0 Å². The molecule has 0 amide bonds. The van der Waals surface area contributed by atoms with Gasteiger partial charge in [0.15, 0.2) is 0 Å². The number of aliphatic imine (C=N–C) groups is 1. The minimum absolute atomic E-state index is 0.0691. The van der Waals surface area contributed by atoms with Crippen LogP contribution < -0.4 is 15.4 Å². The fraction of sp³-hybridized carbons (Fsp3) is 0.250. The molecule has 0 saturated carbocycles. The third-order valence-corrected chi connectivity index (χ3v) is 4.60. The summed E-state index contributed by atoms with van der Waals surface area (Å²) >= 11 is 0. The number of H-pyrrole nitrogens is 1. The van der Waals surface area contributed by atoms with Crippen molar-refractivity contribution in [3.63, 3.8) is 0 Å². The fourth-order valence-electron chi connectivity index (χ4n) is 3.36. The van der Waals surface area contributed by atoms with Crippen molar-refractivity contribution in [2.75, 3.05) is 20.2 Å². The highest BCUT2D eigenvalue weighted by molar-refractivity contribution is 5.94. The molecular formula is C20H22N4O. The second kappa shape index (κ2) is 6.99. The minimum atomic E-state index is 0.0691. The Hall–Kier alpha value is -2.79. The Bertz CT molecular complexity index is 899. The predicted molar refractivity (Wildman–Crippen MR) is 101 cm³/mol. The van der Waals surface area contributed by atoms with Crippen LogP contribution in [0.15, 0.2) is 59.7 Å². The van der Waals surface area contributed by atoms with Crippen LogP contribution in [0.25, 0.3) is 10.9 Å². The Labute approximate surface area is 147 Å². The summed E-state index contributed by atoms with van der Waals surface area (Å²) in [4.78, 5) is 8.09. The van der Waals surface area contributed by atoms with Crippen molar-refractivity contribution < 1.29 is 4.74 Å². The van der Waals surface area contributed by atoms with Gasteiger partial charge in [0.1, 0.15) is 11.6 Å². The number of rotatable bonds is 4. The van der Waals surface area contributed by atoms with Gasteiger partial charge in [0.25, 0.3) is 0 Å². The number of para-hydroxylation sites is 2. The molecule has 5 heteroatoms. The van der Waals surface area contributed by atoms with Gasteiger partial charge in [-0.1, -0.05) is 36.4 Å². The Kier molecular flexibility index (Phi) is 4.39. The van der Waals surface area contributed by atoms with E-state index in [-0.39, 0.29) is 6.04 Å². The lowest BCUT2D eigenvalue weighted by Crippen LogP contribution is -2.42. The first kappa shape index (κ1) is 15.7. The summed E-state index contributed by atoms with van der Waals surface area (Å²) in [5, 5.41) is 8.32. The van der Waals surface area contributed by atoms with Gasteiger partial charge in [-0.25, -0.2) is 0 Å². The van der Waals surface area contributed by atoms with E-state index in [4.69, 9.17) is 9.73 Å². The predicted octanol–water partition coefficient (Wildman–Crippen LogP) is 3.01. The van der Waals surface area contributed by atoms with Crippen molar-refractivity contribution >= 4 is 16.7 Å². The van der Waals surface area contributed by atoms with Gasteiger partial charge in [-0.05, 0) is 12.1 Å². The molecule has 1 unspecified atom stereocenters. The van der Waals surface area contributed by atoms with Crippen LogP contribution in [0.1, 0.15) is 17.2 Å². The Morgan fingerprint density at radius 1 is 1.16 bits per heavy atom. The van der Waals surface area contributed by atoms with E-state index >= 15 is 0 Å². The van der Waals surface area contributed by atoms with E-state index in [1.54, 1.807) is 7.11 Å². The van der Waals surface area contributed by atoms with Crippen LogP contribution in [-0.4, -0.2) is 31.0 Å². The third-order valence-electron chi connectivity index (χ3n) is 4.60. The van der Waals surface area contributed by atoms with Crippen LogP contribution in [0.5, 0.6) is 5.75 Å². The lowest BCUT2D eigenvalue weighted by molar-refractivity contribution is 0.409. The fourth-order valence-corrected chi connectivity index (χ4v) is 3.36. The van der Waals surface area contributed by atoms with E-state index < -0.39 is 0 Å². The van der Waals surface area contributed by atoms with Gasteiger partial charge in [0.05, 0.1) is 19.7 Å². The summed E-state index contributed by atoms with van der Waals surface area (Å²) in [6.07, 6.45) is 2.08.